The average molecular weight is 473 g/mol. The van der Waals surface area contributed by atoms with Gasteiger partial charge in [0.05, 0.1) is 12.4 Å². The highest BCUT2D eigenvalue weighted by Gasteiger charge is 2.53. The zero-order valence-corrected chi connectivity index (χ0v) is 19.9. The maximum atomic E-state index is 13.4. The molecule has 3 rings (SSSR count). The van der Waals surface area contributed by atoms with E-state index in [1.54, 1.807) is 6.92 Å². The fourth-order valence-electron chi connectivity index (χ4n) is 5.99. The minimum atomic E-state index is -3.36. The number of hydrogen-bond acceptors (Lipinski definition) is 4. The van der Waals surface area contributed by atoms with Crippen LogP contribution in [0.5, 0.6) is 0 Å². The monoisotopic (exact) mass is 472 g/mol. The minimum absolute atomic E-state index is 0.00142. The third kappa shape index (κ3) is 5.48. The summed E-state index contributed by atoms with van der Waals surface area (Å²) < 4.78 is 53.1. The van der Waals surface area contributed by atoms with E-state index >= 15 is 0 Å². The van der Waals surface area contributed by atoms with E-state index in [4.69, 9.17) is 0 Å². The molecule has 2 saturated carbocycles. The minimum Gasteiger partial charge on any atom is -0.392 e. The van der Waals surface area contributed by atoms with E-state index in [0.29, 0.717) is 12.0 Å². The van der Waals surface area contributed by atoms with Gasteiger partial charge in [-0.25, -0.2) is 21.9 Å². The molecule has 0 radical (unpaired) electrons. The molecule has 2 aliphatic carbocycles. The van der Waals surface area contributed by atoms with Crippen molar-refractivity contribution >= 4 is 15.9 Å². The van der Waals surface area contributed by atoms with Crippen molar-refractivity contribution in [2.75, 3.05) is 6.26 Å². The first kappa shape index (κ1) is 25.1. The predicted octanol–water partition coefficient (Wildman–Crippen LogP) is 2.96. The van der Waals surface area contributed by atoms with Gasteiger partial charge in [0.1, 0.15) is 11.6 Å². The van der Waals surface area contributed by atoms with Crippen molar-refractivity contribution in [1.82, 2.24) is 10.0 Å². The third-order valence-corrected chi connectivity index (χ3v) is 8.43. The van der Waals surface area contributed by atoms with Crippen LogP contribution in [0.25, 0.3) is 0 Å². The van der Waals surface area contributed by atoms with Gasteiger partial charge < -0.3 is 10.4 Å². The van der Waals surface area contributed by atoms with Gasteiger partial charge in [0.2, 0.25) is 15.9 Å². The van der Waals surface area contributed by atoms with Crippen molar-refractivity contribution in [3.05, 3.63) is 35.4 Å². The first-order chi connectivity index (χ1) is 14.8. The SMILES string of the molecule is C[C@H]1[C@@H]2[C@@H](O)[C@@H]([C@H](C)C(=O)NCc3cc(F)cc(F)c3)CC[C@@]2(C)CC[C@@H]1NS(C)(=O)=O. The van der Waals surface area contributed by atoms with E-state index < -0.39 is 33.7 Å². The van der Waals surface area contributed by atoms with Gasteiger partial charge in [-0.1, -0.05) is 20.8 Å². The van der Waals surface area contributed by atoms with Crippen LogP contribution in [0, 0.1) is 40.7 Å². The number of carbonyl (C=O) groups is 1. The van der Waals surface area contributed by atoms with Gasteiger partial charge in [-0.15, -0.1) is 0 Å². The van der Waals surface area contributed by atoms with Crippen LogP contribution in [0.2, 0.25) is 0 Å². The summed E-state index contributed by atoms with van der Waals surface area (Å²) >= 11 is 0. The predicted molar refractivity (Wildman–Crippen MR) is 118 cm³/mol. The van der Waals surface area contributed by atoms with Crippen molar-refractivity contribution in [2.45, 2.75) is 65.1 Å². The molecule has 0 spiro atoms. The quantitative estimate of drug-likeness (QED) is 0.593. The molecule has 0 aromatic heterocycles. The Labute approximate surface area is 189 Å². The Morgan fingerprint density at radius 2 is 1.81 bits per heavy atom. The van der Waals surface area contributed by atoms with Gasteiger partial charge in [0.15, 0.2) is 0 Å². The number of aliphatic hydroxyl groups is 1. The normalized spacial score (nSPS) is 33.9. The molecule has 9 heteroatoms. The second-order valence-electron chi connectivity index (χ2n) is 10.1. The van der Waals surface area contributed by atoms with Crippen LogP contribution < -0.4 is 10.0 Å². The van der Waals surface area contributed by atoms with E-state index in [0.717, 1.165) is 31.6 Å². The van der Waals surface area contributed by atoms with Crippen molar-refractivity contribution in [3.8, 4) is 0 Å². The molecule has 1 aromatic rings. The molecule has 0 bridgehead atoms. The number of aliphatic hydroxyl groups excluding tert-OH is 1. The molecule has 1 amide bonds. The van der Waals surface area contributed by atoms with Gasteiger partial charge in [0.25, 0.3) is 0 Å². The Bertz CT molecular complexity index is 937. The Hall–Kier alpha value is -1.58. The highest BCUT2D eigenvalue weighted by molar-refractivity contribution is 7.88. The Morgan fingerprint density at radius 3 is 2.41 bits per heavy atom. The van der Waals surface area contributed by atoms with Crippen LogP contribution >= 0.6 is 0 Å². The molecule has 6 nitrogen and oxygen atoms in total. The average Bonchev–Trinajstić information content (AvgIpc) is 2.66. The number of fused-ring (bicyclic) bond motifs is 1. The maximum absolute atomic E-state index is 13.4. The number of hydrogen-bond donors (Lipinski definition) is 3. The van der Waals surface area contributed by atoms with Crippen LogP contribution in [0.4, 0.5) is 8.78 Å². The van der Waals surface area contributed by atoms with E-state index in [1.165, 1.54) is 12.1 Å². The molecular formula is C23H34F2N2O4S. The second kappa shape index (κ2) is 9.35. The zero-order chi connectivity index (χ0) is 23.8. The molecule has 2 aliphatic rings. The molecule has 1 aromatic carbocycles. The van der Waals surface area contributed by atoms with Crippen molar-refractivity contribution in [3.63, 3.8) is 0 Å². The lowest BCUT2D eigenvalue weighted by Crippen LogP contribution is -2.58. The maximum Gasteiger partial charge on any atom is 0.223 e. The number of carbonyl (C=O) groups excluding carboxylic acids is 1. The second-order valence-corrected chi connectivity index (χ2v) is 11.8. The van der Waals surface area contributed by atoms with Crippen molar-refractivity contribution in [1.29, 1.82) is 0 Å². The van der Waals surface area contributed by atoms with Crippen LogP contribution in [0.3, 0.4) is 0 Å². The van der Waals surface area contributed by atoms with Gasteiger partial charge in [0, 0.05) is 24.6 Å². The molecular weight excluding hydrogens is 438 g/mol. The molecule has 2 fully saturated rings. The fourth-order valence-corrected chi connectivity index (χ4v) is 6.88. The van der Waals surface area contributed by atoms with E-state index in [-0.39, 0.29) is 41.7 Å². The van der Waals surface area contributed by atoms with Crippen LogP contribution in [0.1, 0.15) is 52.0 Å². The molecule has 32 heavy (non-hydrogen) atoms. The van der Waals surface area contributed by atoms with Gasteiger partial charge in [-0.2, -0.15) is 0 Å². The molecule has 3 N–H and O–H groups in total. The summed E-state index contributed by atoms with van der Waals surface area (Å²) in [7, 11) is -3.36. The summed E-state index contributed by atoms with van der Waals surface area (Å²) in [5, 5.41) is 14.1. The summed E-state index contributed by atoms with van der Waals surface area (Å²) in [6.07, 6.45) is 3.46. The molecule has 0 heterocycles. The molecule has 0 unspecified atom stereocenters. The third-order valence-electron chi connectivity index (χ3n) is 7.70. The summed E-state index contributed by atoms with van der Waals surface area (Å²) in [6.45, 7) is 5.88. The van der Waals surface area contributed by atoms with E-state index in [2.05, 4.69) is 17.0 Å². The zero-order valence-electron chi connectivity index (χ0n) is 19.1. The number of nitrogens with one attached hydrogen (secondary N) is 2. The lowest BCUT2D eigenvalue weighted by Gasteiger charge is -2.56. The first-order valence-electron chi connectivity index (χ1n) is 11.2. The number of rotatable bonds is 6. The summed E-state index contributed by atoms with van der Waals surface area (Å²) in [4.78, 5) is 12.8. The molecule has 7 atom stereocenters. The molecule has 0 saturated heterocycles. The number of halogens is 2. The number of amides is 1. The number of sulfonamides is 1. The van der Waals surface area contributed by atoms with Gasteiger partial charge in [-0.05, 0) is 66.5 Å². The van der Waals surface area contributed by atoms with Crippen molar-refractivity contribution < 1.29 is 27.1 Å². The van der Waals surface area contributed by atoms with Crippen LogP contribution in [0.15, 0.2) is 18.2 Å². The lowest BCUT2D eigenvalue weighted by molar-refractivity contribution is -0.141. The Balaban J connectivity index is 1.69. The number of benzene rings is 1. The largest absolute Gasteiger partial charge is 0.392 e. The first-order valence-corrected chi connectivity index (χ1v) is 13.1. The summed E-state index contributed by atoms with van der Waals surface area (Å²) in [6, 6.07) is 2.88. The van der Waals surface area contributed by atoms with E-state index in [1.807, 2.05) is 6.92 Å². The highest BCUT2D eigenvalue weighted by atomic mass is 32.2. The Morgan fingerprint density at radius 1 is 1.22 bits per heavy atom. The van der Waals surface area contributed by atoms with Gasteiger partial charge in [-0.3, -0.25) is 4.79 Å². The standard InChI is InChI=1S/C23H34F2N2O4S/c1-13(22(29)26-12-15-9-16(24)11-17(25)10-15)18-5-7-23(3)8-6-19(27-32(4,30)31)14(2)20(23)21(18)28/h9-11,13-14,18-21,27-28H,5-8,12H2,1-4H3,(H,26,29)/t13-,14+,18+,19-,20+,21-,23-/m0/s1. The van der Waals surface area contributed by atoms with E-state index in [9.17, 15) is 27.1 Å². The lowest BCUT2D eigenvalue weighted by atomic mass is 9.52. The van der Waals surface area contributed by atoms with Gasteiger partial charge >= 0.3 is 0 Å². The van der Waals surface area contributed by atoms with Crippen LogP contribution in [-0.2, 0) is 21.4 Å². The summed E-state index contributed by atoms with van der Waals surface area (Å²) in [5.74, 6) is -2.67. The van der Waals surface area contributed by atoms with Crippen LogP contribution in [-0.4, -0.2) is 37.8 Å². The smallest absolute Gasteiger partial charge is 0.223 e. The fraction of sp³-hybridized carbons (Fsp3) is 0.696. The topological polar surface area (TPSA) is 95.5 Å². The Kier molecular flexibility index (Phi) is 7.32. The summed E-state index contributed by atoms with van der Waals surface area (Å²) in [5.41, 5.74) is 0.218. The highest BCUT2D eigenvalue weighted by Crippen LogP contribution is 2.55. The molecule has 180 valence electrons. The molecule has 0 aliphatic heterocycles. The van der Waals surface area contributed by atoms with Crippen molar-refractivity contribution in [2.24, 2.45) is 29.1 Å².